The highest BCUT2D eigenvalue weighted by atomic mass is 16.1. The summed E-state index contributed by atoms with van der Waals surface area (Å²) in [6.07, 6.45) is 4.38. The summed E-state index contributed by atoms with van der Waals surface area (Å²) in [6, 6.07) is 38.6. The molecule has 0 N–H and O–H groups in total. The van der Waals surface area contributed by atoms with Gasteiger partial charge in [-0.15, -0.1) is 0 Å². The molecule has 5 aromatic carbocycles. The van der Waals surface area contributed by atoms with Crippen molar-refractivity contribution in [1.82, 2.24) is 4.40 Å². The maximum Gasteiger partial charge on any atom is 0.263 e. The predicted molar refractivity (Wildman–Crippen MR) is 172 cm³/mol. The van der Waals surface area contributed by atoms with E-state index in [-0.39, 0.29) is 11.0 Å². The maximum absolute atomic E-state index is 13.5. The van der Waals surface area contributed by atoms with E-state index in [2.05, 4.69) is 136 Å². The Morgan fingerprint density at radius 1 is 0.610 bits per heavy atom. The number of benzene rings is 5. The molecule has 3 aliphatic carbocycles. The van der Waals surface area contributed by atoms with Crippen molar-refractivity contribution in [3.63, 3.8) is 0 Å². The van der Waals surface area contributed by atoms with E-state index in [1.54, 1.807) is 0 Å². The molecule has 41 heavy (non-hydrogen) atoms. The SMILES string of the molecule is CC12C=Cc3c1c1cccc4c5cc(ccc5c(=O)n3c14)-c1ccc2cc1.Cc1ccccc1-c1ccccc1C. The summed E-state index contributed by atoms with van der Waals surface area (Å²) in [6.45, 7) is 6.57. The van der Waals surface area contributed by atoms with Crippen molar-refractivity contribution in [3.8, 4) is 22.3 Å². The molecule has 196 valence electrons. The molecule has 2 heteroatoms. The second-order valence-corrected chi connectivity index (χ2v) is 11.6. The van der Waals surface area contributed by atoms with E-state index >= 15 is 0 Å². The van der Waals surface area contributed by atoms with Crippen molar-refractivity contribution < 1.29 is 0 Å². The van der Waals surface area contributed by atoms with Gasteiger partial charge in [0.2, 0.25) is 0 Å². The van der Waals surface area contributed by atoms with E-state index < -0.39 is 0 Å². The molecule has 2 heterocycles. The Bertz CT molecular complexity index is 2210. The van der Waals surface area contributed by atoms with Gasteiger partial charge in [0.25, 0.3) is 5.56 Å². The van der Waals surface area contributed by atoms with E-state index in [0.29, 0.717) is 0 Å². The third-order valence-corrected chi connectivity index (χ3v) is 9.26. The molecule has 0 fully saturated rings. The number of allylic oxidation sites excluding steroid dienone is 1. The van der Waals surface area contributed by atoms with E-state index in [4.69, 9.17) is 0 Å². The Morgan fingerprint density at radius 2 is 1.24 bits per heavy atom. The molecule has 0 saturated heterocycles. The number of pyridine rings is 1. The number of rotatable bonds is 1. The number of fused-ring (bicyclic) bond motifs is 3. The lowest BCUT2D eigenvalue weighted by Crippen LogP contribution is -2.18. The molecule has 3 aliphatic rings. The zero-order valence-electron chi connectivity index (χ0n) is 23.4. The third kappa shape index (κ3) is 3.28. The minimum Gasteiger partial charge on any atom is -0.275 e. The van der Waals surface area contributed by atoms with E-state index in [1.165, 1.54) is 44.3 Å². The third-order valence-electron chi connectivity index (χ3n) is 9.26. The van der Waals surface area contributed by atoms with Crippen LogP contribution in [0.4, 0.5) is 0 Å². The fourth-order valence-corrected chi connectivity index (χ4v) is 7.07. The zero-order chi connectivity index (χ0) is 27.9. The van der Waals surface area contributed by atoms with Gasteiger partial charge in [0.15, 0.2) is 0 Å². The van der Waals surface area contributed by atoms with Gasteiger partial charge in [-0.2, -0.15) is 0 Å². The lowest BCUT2D eigenvalue weighted by molar-refractivity contribution is 0.745. The molecule has 2 nitrogen and oxygen atoms in total. The summed E-state index contributed by atoms with van der Waals surface area (Å²) in [5, 5.41) is 4.17. The first-order valence-corrected chi connectivity index (χ1v) is 14.2. The largest absolute Gasteiger partial charge is 0.275 e. The molecule has 2 aromatic heterocycles. The molecule has 0 aliphatic heterocycles. The van der Waals surface area contributed by atoms with Crippen molar-refractivity contribution >= 4 is 33.1 Å². The highest BCUT2D eigenvalue weighted by Gasteiger charge is 2.37. The Kier molecular flexibility index (Phi) is 4.97. The number of hydrogen-bond acceptors (Lipinski definition) is 1. The standard InChI is InChI=1S/C25H15NO.C14H14/c1-25-12-11-21-22(25)19-4-2-3-17-20-13-15(14-5-8-16(25)9-6-14)7-10-18(20)24(27)26(21)23(17)19;1-11-7-3-5-9-13(11)14-10-6-4-8-12(14)2/h2-13H,1H3;3-10H,1-2H3. The van der Waals surface area contributed by atoms with Crippen LogP contribution in [0.3, 0.4) is 0 Å². The summed E-state index contributed by atoms with van der Waals surface area (Å²) in [5.41, 5.74) is 12.1. The summed E-state index contributed by atoms with van der Waals surface area (Å²) in [7, 11) is 0. The number of hydrogen-bond donors (Lipinski definition) is 0. The molecule has 0 radical (unpaired) electrons. The molecule has 10 rings (SSSR count). The second-order valence-electron chi connectivity index (χ2n) is 11.6. The molecule has 0 amide bonds. The first-order chi connectivity index (χ1) is 20.0. The quantitative estimate of drug-likeness (QED) is 0.195. The van der Waals surface area contributed by atoms with Crippen LogP contribution in [0.25, 0.3) is 55.4 Å². The minimum atomic E-state index is -0.231. The summed E-state index contributed by atoms with van der Waals surface area (Å²) in [4.78, 5) is 13.5. The average Bonchev–Trinajstić information content (AvgIpc) is 3.53. The minimum absolute atomic E-state index is 0.0814. The number of aromatic nitrogens is 1. The lowest BCUT2D eigenvalue weighted by atomic mass is 9.77. The van der Waals surface area contributed by atoms with Crippen LogP contribution in [0.2, 0.25) is 0 Å². The van der Waals surface area contributed by atoms with Gasteiger partial charge in [0.1, 0.15) is 0 Å². The van der Waals surface area contributed by atoms with Gasteiger partial charge in [-0.1, -0.05) is 103 Å². The summed E-state index contributed by atoms with van der Waals surface area (Å²) >= 11 is 0. The monoisotopic (exact) mass is 527 g/mol. The van der Waals surface area contributed by atoms with Gasteiger partial charge in [-0.05, 0) is 88.9 Å². The van der Waals surface area contributed by atoms with Crippen molar-refractivity contribution in [2.45, 2.75) is 26.2 Å². The van der Waals surface area contributed by atoms with Crippen molar-refractivity contribution in [2.75, 3.05) is 0 Å². The zero-order valence-corrected chi connectivity index (χ0v) is 23.4. The Labute approximate surface area is 239 Å². The van der Waals surface area contributed by atoms with Crippen molar-refractivity contribution in [2.24, 2.45) is 0 Å². The summed E-state index contributed by atoms with van der Waals surface area (Å²) < 4.78 is 1.94. The number of aryl methyl sites for hydroxylation is 2. The Morgan fingerprint density at radius 3 is 1.93 bits per heavy atom. The number of nitrogens with zero attached hydrogens (tertiary/aromatic N) is 1. The molecule has 1 atom stereocenters. The fourth-order valence-electron chi connectivity index (χ4n) is 7.07. The van der Waals surface area contributed by atoms with Gasteiger partial charge < -0.3 is 0 Å². The van der Waals surface area contributed by atoms with Crippen LogP contribution < -0.4 is 5.56 Å². The van der Waals surface area contributed by atoms with Gasteiger partial charge in [0.05, 0.1) is 11.2 Å². The Hall–Kier alpha value is -4.95. The van der Waals surface area contributed by atoms with Crippen LogP contribution >= 0.6 is 0 Å². The van der Waals surface area contributed by atoms with Crippen LogP contribution in [0.15, 0.2) is 120 Å². The number of para-hydroxylation sites is 1. The highest BCUT2D eigenvalue weighted by Crippen LogP contribution is 2.48. The fraction of sp³-hybridized carbons (Fsp3) is 0.103. The smallest absolute Gasteiger partial charge is 0.263 e. The first-order valence-electron chi connectivity index (χ1n) is 14.2. The Balaban J connectivity index is 0.000000155. The highest BCUT2D eigenvalue weighted by molar-refractivity contribution is 6.14. The van der Waals surface area contributed by atoms with Crippen molar-refractivity contribution in [3.05, 3.63) is 154 Å². The molecule has 0 spiro atoms. The maximum atomic E-state index is 13.5. The van der Waals surface area contributed by atoms with Crippen LogP contribution in [-0.2, 0) is 5.41 Å². The molecule has 7 aromatic rings. The molecule has 8 bridgehead atoms. The van der Waals surface area contributed by atoms with Crippen LogP contribution in [0.1, 0.15) is 34.9 Å². The van der Waals surface area contributed by atoms with Gasteiger partial charge >= 0.3 is 0 Å². The first kappa shape index (κ1) is 23.9. The predicted octanol–water partition coefficient (Wildman–Crippen LogP) is 9.33. The van der Waals surface area contributed by atoms with Gasteiger partial charge in [-0.25, -0.2) is 0 Å². The van der Waals surface area contributed by atoms with E-state index in [9.17, 15) is 4.79 Å². The van der Waals surface area contributed by atoms with Gasteiger partial charge in [-0.3, -0.25) is 9.20 Å². The second kappa shape index (κ2) is 8.52. The normalized spacial score (nSPS) is 16.3. The van der Waals surface area contributed by atoms with Crippen LogP contribution in [0.5, 0.6) is 0 Å². The molecular weight excluding hydrogens is 498 g/mol. The lowest BCUT2D eigenvalue weighted by Gasteiger charge is -2.25. The van der Waals surface area contributed by atoms with Crippen LogP contribution in [-0.4, -0.2) is 4.40 Å². The molecular formula is C39H29NO. The summed E-state index contributed by atoms with van der Waals surface area (Å²) in [5.74, 6) is 0. The molecule has 1 unspecified atom stereocenters. The van der Waals surface area contributed by atoms with Gasteiger partial charge in [0, 0.05) is 21.6 Å². The average molecular weight is 528 g/mol. The van der Waals surface area contributed by atoms with Crippen LogP contribution in [0, 0.1) is 13.8 Å². The molecule has 0 saturated carbocycles. The topological polar surface area (TPSA) is 21.5 Å². The van der Waals surface area contributed by atoms with Crippen molar-refractivity contribution in [1.29, 1.82) is 0 Å². The van der Waals surface area contributed by atoms with E-state index in [1.807, 2.05) is 10.5 Å². The van der Waals surface area contributed by atoms with E-state index in [0.717, 1.165) is 32.9 Å².